The number of hydrogen-bond donors (Lipinski definition) is 1. The van der Waals surface area contributed by atoms with E-state index in [4.69, 9.17) is 44.4 Å². The van der Waals surface area contributed by atoms with Crippen molar-refractivity contribution in [3.8, 4) is 0 Å². The van der Waals surface area contributed by atoms with Crippen molar-refractivity contribution < 1.29 is 27.5 Å². The first-order chi connectivity index (χ1) is 14.6. The number of oxime groups is 1. The number of rotatable bonds is 6. The number of nitrogens with one attached hydrogen (secondary N) is 1. The summed E-state index contributed by atoms with van der Waals surface area (Å²) >= 11 is 17.7. The van der Waals surface area contributed by atoms with Crippen LogP contribution in [0.4, 0.5) is 13.2 Å². The van der Waals surface area contributed by atoms with Crippen LogP contribution in [-0.4, -0.2) is 31.1 Å². The van der Waals surface area contributed by atoms with Crippen molar-refractivity contribution in [1.29, 1.82) is 0 Å². The Kier molecular flexibility index (Phi) is 7.05. The molecule has 0 radical (unpaired) electrons. The topological polar surface area (TPSA) is 59.9 Å². The second kappa shape index (κ2) is 9.24. The fraction of sp³-hybridized carbons (Fsp3) is 0.300. The zero-order chi connectivity index (χ0) is 22.8. The highest BCUT2D eigenvalue weighted by Crippen LogP contribution is 2.50. The van der Waals surface area contributed by atoms with Gasteiger partial charge in [-0.2, -0.15) is 13.2 Å². The lowest BCUT2D eigenvalue weighted by Gasteiger charge is -2.30. The Bertz CT molecular complexity index is 990. The van der Waals surface area contributed by atoms with E-state index in [-0.39, 0.29) is 39.0 Å². The monoisotopic (exact) mass is 494 g/mol. The molecule has 5 nitrogen and oxygen atoms in total. The Hall–Kier alpha value is -2.00. The molecule has 0 fully saturated rings. The summed E-state index contributed by atoms with van der Waals surface area (Å²) in [4.78, 5) is 17.0. The molecule has 166 valence electrons. The lowest BCUT2D eigenvalue weighted by Crippen LogP contribution is -2.42. The van der Waals surface area contributed by atoms with Crippen LogP contribution in [0.2, 0.25) is 15.1 Å². The maximum Gasteiger partial charge on any atom is 0.435 e. The first-order valence-corrected chi connectivity index (χ1v) is 10.2. The van der Waals surface area contributed by atoms with E-state index in [0.717, 1.165) is 12.1 Å². The Labute approximate surface area is 191 Å². The van der Waals surface area contributed by atoms with Crippen LogP contribution in [0.1, 0.15) is 34.8 Å². The molecule has 1 aliphatic heterocycles. The van der Waals surface area contributed by atoms with Crippen molar-refractivity contribution >= 4 is 46.4 Å². The summed E-state index contributed by atoms with van der Waals surface area (Å²) in [5, 5.41) is 5.92. The van der Waals surface area contributed by atoms with Crippen LogP contribution >= 0.6 is 34.8 Å². The summed E-state index contributed by atoms with van der Waals surface area (Å²) in [6.07, 6.45) is -5.43. The molecule has 1 aliphatic rings. The largest absolute Gasteiger partial charge is 0.435 e. The summed E-state index contributed by atoms with van der Waals surface area (Å²) in [5.74, 6) is -0.375. The molecule has 2 aromatic carbocycles. The van der Waals surface area contributed by atoms with E-state index in [1.165, 1.54) is 24.3 Å². The third kappa shape index (κ3) is 4.77. The van der Waals surface area contributed by atoms with Crippen LogP contribution in [0.5, 0.6) is 0 Å². The number of ether oxygens (including phenoxy) is 1. The molecule has 0 spiro atoms. The number of nitrogens with zero attached hydrogens (tertiary/aromatic N) is 1. The molecular formula is C20H16Cl3F3N2O3. The van der Waals surface area contributed by atoms with Crippen molar-refractivity contribution in [2.45, 2.75) is 25.1 Å². The third-order valence-corrected chi connectivity index (χ3v) is 5.85. The first-order valence-electron chi connectivity index (χ1n) is 9.02. The van der Waals surface area contributed by atoms with Crippen LogP contribution in [0.25, 0.3) is 0 Å². The Morgan fingerprint density at radius 1 is 1.19 bits per heavy atom. The van der Waals surface area contributed by atoms with Gasteiger partial charge in [-0.05, 0) is 36.8 Å². The molecule has 2 aromatic rings. The molecule has 3 rings (SSSR count). The molecule has 1 amide bonds. The highest BCUT2D eigenvalue weighted by molar-refractivity contribution is 6.48. The Morgan fingerprint density at radius 2 is 1.81 bits per heavy atom. The SMILES string of the molecule is CCOCNC(=O)c1ccc(C2=NOC(c3cc(Cl)c(Cl)c(Cl)c3)(C(F)(F)F)C2)cc1. The standard InChI is InChI=1S/C20H16Cl3F3N2O3/c1-2-30-10-27-18(29)12-5-3-11(4-6-12)16-9-19(31-28-16,20(24,25)26)13-7-14(21)17(23)15(22)8-13/h3-8H,2,9-10H2,1H3,(H,27,29). The van der Waals surface area contributed by atoms with Crippen LogP contribution in [-0.2, 0) is 15.2 Å². The first kappa shape index (κ1) is 23.7. The van der Waals surface area contributed by atoms with Crippen LogP contribution in [0.15, 0.2) is 41.6 Å². The normalized spacial score (nSPS) is 18.5. The molecule has 11 heteroatoms. The lowest BCUT2D eigenvalue weighted by atomic mass is 9.86. The number of carbonyl (C=O) groups excluding carboxylic acids is 1. The van der Waals surface area contributed by atoms with Gasteiger partial charge in [0.15, 0.2) is 0 Å². The fourth-order valence-corrected chi connectivity index (χ4v) is 3.58. The molecule has 31 heavy (non-hydrogen) atoms. The molecule has 0 saturated carbocycles. The zero-order valence-corrected chi connectivity index (χ0v) is 18.3. The summed E-state index contributed by atoms with van der Waals surface area (Å²) in [6.45, 7) is 2.29. The van der Waals surface area contributed by atoms with Gasteiger partial charge >= 0.3 is 6.18 Å². The van der Waals surface area contributed by atoms with E-state index in [1.807, 2.05) is 0 Å². The minimum absolute atomic E-state index is 0.0535. The zero-order valence-electron chi connectivity index (χ0n) is 16.0. The molecule has 1 unspecified atom stereocenters. The molecule has 0 aromatic heterocycles. The van der Waals surface area contributed by atoms with Gasteiger partial charge in [-0.3, -0.25) is 4.79 Å². The molecular weight excluding hydrogens is 480 g/mol. The van der Waals surface area contributed by atoms with Gasteiger partial charge in [0.1, 0.15) is 6.73 Å². The Morgan fingerprint density at radius 3 is 2.35 bits per heavy atom. The lowest BCUT2D eigenvalue weighted by molar-refractivity contribution is -0.275. The predicted octanol–water partition coefficient (Wildman–Crippen LogP) is 5.95. The van der Waals surface area contributed by atoms with Crippen LogP contribution < -0.4 is 5.32 Å². The maximum atomic E-state index is 14.1. The van der Waals surface area contributed by atoms with E-state index >= 15 is 0 Å². The average Bonchev–Trinajstić information content (AvgIpc) is 3.19. The summed E-state index contributed by atoms with van der Waals surface area (Å²) in [7, 11) is 0. The fourth-order valence-electron chi connectivity index (χ4n) is 2.98. The second-order valence-corrected chi connectivity index (χ2v) is 7.80. The summed E-state index contributed by atoms with van der Waals surface area (Å²) in [6, 6.07) is 8.06. The number of alkyl halides is 3. The van der Waals surface area contributed by atoms with Gasteiger partial charge < -0.3 is 14.9 Å². The third-order valence-electron chi connectivity index (χ3n) is 4.66. The van der Waals surface area contributed by atoms with Gasteiger partial charge in [0, 0.05) is 24.2 Å². The van der Waals surface area contributed by atoms with E-state index in [2.05, 4.69) is 10.5 Å². The van der Waals surface area contributed by atoms with Gasteiger partial charge in [-0.25, -0.2) is 0 Å². The van der Waals surface area contributed by atoms with Gasteiger partial charge in [0.25, 0.3) is 11.5 Å². The number of carbonyl (C=O) groups is 1. The molecule has 0 aliphatic carbocycles. The number of benzene rings is 2. The van der Waals surface area contributed by atoms with Crippen molar-refractivity contribution in [3.05, 3.63) is 68.2 Å². The van der Waals surface area contributed by atoms with Gasteiger partial charge in [-0.15, -0.1) is 0 Å². The van der Waals surface area contributed by atoms with E-state index < -0.39 is 18.2 Å². The maximum absolute atomic E-state index is 14.1. The highest BCUT2D eigenvalue weighted by atomic mass is 35.5. The quantitative estimate of drug-likeness (QED) is 0.306. The van der Waals surface area contributed by atoms with E-state index in [1.54, 1.807) is 6.92 Å². The summed E-state index contributed by atoms with van der Waals surface area (Å²) < 4.78 is 47.3. The number of halogens is 6. The van der Waals surface area contributed by atoms with Gasteiger partial charge in [-0.1, -0.05) is 52.1 Å². The van der Waals surface area contributed by atoms with Gasteiger partial charge in [0.05, 0.1) is 20.8 Å². The molecule has 1 N–H and O–H groups in total. The van der Waals surface area contributed by atoms with Crippen LogP contribution in [0, 0.1) is 0 Å². The minimum Gasteiger partial charge on any atom is -0.374 e. The van der Waals surface area contributed by atoms with Crippen molar-refractivity contribution in [1.82, 2.24) is 5.32 Å². The van der Waals surface area contributed by atoms with Crippen molar-refractivity contribution in [2.24, 2.45) is 5.16 Å². The molecule has 1 heterocycles. The van der Waals surface area contributed by atoms with E-state index in [9.17, 15) is 18.0 Å². The Balaban J connectivity index is 1.85. The van der Waals surface area contributed by atoms with Crippen molar-refractivity contribution in [2.75, 3.05) is 13.3 Å². The van der Waals surface area contributed by atoms with E-state index in [0.29, 0.717) is 17.7 Å². The van der Waals surface area contributed by atoms with Crippen LogP contribution in [0.3, 0.4) is 0 Å². The molecule has 0 bridgehead atoms. The number of hydrogen-bond acceptors (Lipinski definition) is 4. The minimum atomic E-state index is -4.82. The number of amides is 1. The second-order valence-electron chi connectivity index (χ2n) is 6.61. The smallest absolute Gasteiger partial charge is 0.374 e. The van der Waals surface area contributed by atoms with Gasteiger partial charge in [0.2, 0.25) is 0 Å². The predicted molar refractivity (Wildman–Crippen MR) is 112 cm³/mol. The highest BCUT2D eigenvalue weighted by Gasteiger charge is 2.62. The molecule has 0 saturated heterocycles. The average molecular weight is 496 g/mol. The summed E-state index contributed by atoms with van der Waals surface area (Å²) in [5.41, 5.74) is -2.33. The molecule has 1 atom stereocenters. The van der Waals surface area contributed by atoms with Crippen molar-refractivity contribution in [3.63, 3.8) is 0 Å².